The number of aliphatic carboxylic acids is 1. The molecule has 112 valence electrons. The van der Waals surface area contributed by atoms with Gasteiger partial charge in [-0.15, -0.1) is 0 Å². The molecule has 0 aliphatic carbocycles. The predicted molar refractivity (Wildman–Crippen MR) is 63.1 cm³/mol. The number of rotatable bonds is 5. The number of amides is 1. The normalized spacial score (nSPS) is 10.6. The lowest BCUT2D eigenvalue weighted by Gasteiger charge is -2.10. The Labute approximate surface area is 116 Å². The highest BCUT2D eigenvalue weighted by atomic mass is 19.4. The van der Waals surface area contributed by atoms with Crippen LogP contribution >= 0.6 is 0 Å². The summed E-state index contributed by atoms with van der Waals surface area (Å²) in [4.78, 5) is 24.7. The zero-order chi connectivity index (χ0) is 16.0. The van der Waals surface area contributed by atoms with Gasteiger partial charge in [-0.25, -0.2) is 4.98 Å². The zero-order valence-electron chi connectivity index (χ0n) is 10.4. The molecule has 3 N–H and O–H groups in total. The van der Waals surface area contributed by atoms with Gasteiger partial charge in [0.25, 0.3) is 0 Å². The summed E-state index contributed by atoms with van der Waals surface area (Å²) in [5.41, 5.74) is -1.39. The summed E-state index contributed by atoms with van der Waals surface area (Å²) >= 11 is 0. The quantitative estimate of drug-likeness (QED) is 0.733. The molecule has 0 fully saturated rings. The lowest BCUT2D eigenvalue weighted by atomic mass is 10.2. The summed E-state index contributed by atoms with van der Waals surface area (Å²) in [7, 11) is 0. The van der Waals surface area contributed by atoms with Crippen LogP contribution in [0, 0.1) is 11.3 Å². The fourth-order valence-corrected chi connectivity index (χ4v) is 1.24. The predicted octanol–water partition coefficient (Wildman–Crippen LogP) is 0.585. The molecular weight excluding hydrogens is 293 g/mol. The molecule has 0 saturated heterocycles. The van der Waals surface area contributed by atoms with Crippen LogP contribution in [-0.2, 0) is 15.8 Å². The van der Waals surface area contributed by atoms with Crippen molar-refractivity contribution in [2.24, 2.45) is 0 Å². The Bertz CT molecular complexity index is 595. The van der Waals surface area contributed by atoms with Gasteiger partial charge in [-0.05, 0) is 12.1 Å². The van der Waals surface area contributed by atoms with Crippen LogP contribution in [0.4, 0.5) is 19.0 Å². The summed E-state index contributed by atoms with van der Waals surface area (Å²) in [6.07, 6.45) is -4.68. The van der Waals surface area contributed by atoms with Crippen molar-refractivity contribution in [3.63, 3.8) is 0 Å². The Morgan fingerprint density at radius 1 is 1.33 bits per heavy atom. The summed E-state index contributed by atoms with van der Waals surface area (Å²) < 4.78 is 37.5. The minimum absolute atomic E-state index is 0.172. The monoisotopic (exact) mass is 302 g/mol. The number of pyridine rings is 1. The summed E-state index contributed by atoms with van der Waals surface area (Å²) in [6.45, 7) is -1.14. The number of carbonyl (C=O) groups excluding carboxylic acids is 1. The minimum atomic E-state index is -4.68. The number of carboxylic acid groups (broad SMARTS) is 1. The molecule has 1 amide bonds. The number of carbonyl (C=O) groups is 2. The Balaban J connectivity index is 2.80. The standard InChI is InChI=1S/C11H9F3N4O3/c12-11(13,14)7-2-1-6(3-15)10(18-7)17-4-8(19)16-5-9(20)21/h1-2H,4-5H2,(H,16,19)(H,17,18)(H,20,21). The Hall–Kier alpha value is -2.83. The molecule has 1 aromatic heterocycles. The minimum Gasteiger partial charge on any atom is -0.480 e. The van der Waals surface area contributed by atoms with Crippen molar-refractivity contribution >= 4 is 17.7 Å². The fourth-order valence-electron chi connectivity index (χ4n) is 1.24. The van der Waals surface area contributed by atoms with E-state index in [1.54, 1.807) is 6.07 Å². The van der Waals surface area contributed by atoms with E-state index in [0.29, 0.717) is 6.07 Å². The highest BCUT2D eigenvalue weighted by Gasteiger charge is 2.33. The number of nitrogens with zero attached hydrogens (tertiary/aromatic N) is 2. The van der Waals surface area contributed by atoms with E-state index in [9.17, 15) is 22.8 Å². The Kier molecular flexibility index (Phi) is 5.06. The molecule has 0 atom stereocenters. The van der Waals surface area contributed by atoms with Crippen molar-refractivity contribution in [3.05, 3.63) is 23.4 Å². The van der Waals surface area contributed by atoms with E-state index >= 15 is 0 Å². The third-order valence-corrected chi connectivity index (χ3v) is 2.16. The summed E-state index contributed by atoms with van der Waals surface area (Å²) in [5.74, 6) is -2.43. The molecule has 0 bridgehead atoms. The Morgan fingerprint density at radius 2 is 2.00 bits per heavy atom. The highest BCUT2D eigenvalue weighted by molar-refractivity contribution is 5.84. The van der Waals surface area contributed by atoms with Gasteiger partial charge < -0.3 is 15.7 Å². The average molecular weight is 302 g/mol. The van der Waals surface area contributed by atoms with Gasteiger partial charge >= 0.3 is 12.1 Å². The maximum atomic E-state index is 12.5. The van der Waals surface area contributed by atoms with Crippen molar-refractivity contribution < 1.29 is 27.9 Å². The summed E-state index contributed by atoms with van der Waals surface area (Å²) in [6, 6.07) is 3.20. The van der Waals surface area contributed by atoms with Crippen LogP contribution in [-0.4, -0.2) is 35.1 Å². The Morgan fingerprint density at radius 3 is 2.52 bits per heavy atom. The fraction of sp³-hybridized carbons (Fsp3) is 0.273. The molecule has 10 heteroatoms. The topological polar surface area (TPSA) is 115 Å². The number of alkyl halides is 3. The maximum absolute atomic E-state index is 12.5. The van der Waals surface area contributed by atoms with Gasteiger partial charge in [0, 0.05) is 0 Å². The van der Waals surface area contributed by atoms with Gasteiger partial charge in [0.05, 0.1) is 12.1 Å². The molecule has 7 nitrogen and oxygen atoms in total. The number of anilines is 1. The second-order valence-electron chi connectivity index (χ2n) is 3.73. The number of carboxylic acids is 1. The lowest BCUT2D eigenvalue weighted by Crippen LogP contribution is -2.34. The van der Waals surface area contributed by atoms with Crippen LogP contribution < -0.4 is 10.6 Å². The number of aromatic nitrogens is 1. The van der Waals surface area contributed by atoms with Crippen molar-refractivity contribution in [3.8, 4) is 6.07 Å². The largest absolute Gasteiger partial charge is 0.480 e. The van der Waals surface area contributed by atoms with Crippen LogP contribution in [0.3, 0.4) is 0 Å². The van der Waals surface area contributed by atoms with Gasteiger partial charge in [-0.1, -0.05) is 0 Å². The summed E-state index contributed by atoms with van der Waals surface area (Å²) in [5, 5.41) is 21.4. The van der Waals surface area contributed by atoms with E-state index in [4.69, 9.17) is 10.4 Å². The molecule has 0 unspecified atom stereocenters. The number of hydrogen-bond donors (Lipinski definition) is 3. The number of nitriles is 1. The molecule has 21 heavy (non-hydrogen) atoms. The third-order valence-electron chi connectivity index (χ3n) is 2.16. The molecule has 0 saturated carbocycles. The number of nitrogens with one attached hydrogen (secondary N) is 2. The van der Waals surface area contributed by atoms with Crippen LogP contribution in [0.2, 0.25) is 0 Å². The molecule has 0 radical (unpaired) electrons. The highest BCUT2D eigenvalue weighted by Crippen LogP contribution is 2.29. The van der Waals surface area contributed by atoms with E-state index in [1.165, 1.54) is 0 Å². The molecule has 0 aromatic carbocycles. The van der Waals surface area contributed by atoms with Crippen LogP contribution in [0.15, 0.2) is 12.1 Å². The average Bonchev–Trinajstić information content (AvgIpc) is 2.41. The first-order chi connectivity index (χ1) is 9.74. The van der Waals surface area contributed by atoms with Crippen LogP contribution in [0.1, 0.15) is 11.3 Å². The molecule has 1 heterocycles. The van der Waals surface area contributed by atoms with Gasteiger partial charge in [-0.3, -0.25) is 9.59 Å². The zero-order valence-corrected chi connectivity index (χ0v) is 10.4. The first-order valence-electron chi connectivity index (χ1n) is 5.44. The first-order valence-corrected chi connectivity index (χ1v) is 5.44. The van der Waals surface area contributed by atoms with Gasteiger partial charge in [0.15, 0.2) is 0 Å². The van der Waals surface area contributed by atoms with Crippen molar-refractivity contribution in [1.29, 1.82) is 5.26 Å². The van der Waals surface area contributed by atoms with Crippen LogP contribution in [0.5, 0.6) is 0 Å². The third kappa shape index (κ3) is 4.98. The van der Waals surface area contributed by atoms with E-state index < -0.39 is 42.7 Å². The molecular formula is C11H9F3N4O3. The van der Waals surface area contributed by atoms with E-state index in [0.717, 1.165) is 6.07 Å². The SMILES string of the molecule is N#Cc1ccc(C(F)(F)F)nc1NCC(=O)NCC(=O)O. The van der Waals surface area contributed by atoms with Gasteiger partial charge in [-0.2, -0.15) is 18.4 Å². The second kappa shape index (κ2) is 6.56. The van der Waals surface area contributed by atoms with E-state index in [2.05, 4.69) is 10.3 Å². The first kappa shape index (κ1) is 16.2. The smallest absolute Gasteiger partial charge is 0.433 e. The van der Waals surface area contributed by atoms with E-state index in [-0.39, 0.29) is 5.56 Å². The lowest BCUT2D eigenvalue weighted by molar-refractivity contribution is -0.141. The molecule has 1 rings (SSSR count). The van der Waals surface area contributed by atoms with Gasteiger partial charge in [0.2, 0.25) is 5.91 Å². The van der Waals surface area contributed by atoms with Crippen molar-refractivity contribution in [2.45, 2.75) is 6.18 Å². The van der Waals surface area contributed by atoms with Gasteiger partial charge in [0.1, 0.15) is 24.1 Å². The van der Waals surface area contributed by atoms with E-state index in [1.807, 2.05) is 5.32 Å². The molecule has 0 aliphatic heterocycles. The molecule has 0 spiro atoms. The van der Waals surface area contributed by atoms with Crippen molar-refractivity contribution in [2.75, 3.05) is 18.4 Å². The second-order valence-corrected chi connectivity index (χ2v) is 3.73. The van der Waals surface area contributed by atoms with Crippen molar-refractivity contribution in [1.82, 2.24) is 10.3 Å². The van der Waals surface area contributed by atoms with Crippen LogP contribution in [0.25, 0.3) is 0 Å². The maximum Gasteiger partial charge on any atom is 0.433 e. The number of hydrogen-bond acceptors (Lipinski definition) is 5. The molecule has 1 aromatic rings. The molecule has 0 aliphatic rings. The number of halogens is 3.